The van der Waals surface area contributed by atoms with Gasteiger partial charge in [-0.3, -0.25) is 4.90 Å². The van der Waals surface area contributed by atoms with Gasteiger partial charge in [-0.25, -0.2) is 0 Å². The average Bonchev–Trinajstić information content (AvgIpc) is 2.68. The second kappa shape index (κ2) is 7.64. The Bertz CT molecular complexity index is 348. The van der Waals surface area contributed by atoms with Gasteiger partial charge in [0.25, 0.3) is 0 Å². The monoisotopic (exact) mass is 258 g/mol. The molecule has 0 radical (unpaired) electrons. The zero-order valence-electron chi connectivity index (χ0n) is 9.28. The molecule has 1 rings (SSSR count). The molecule has 5 heteroatoms. The number of halogens is 1. The van der Waals surface area contributed by atoms with Crippen molar-refractivity contribution in [1.29, 1.82) is 5.26 Å². The van der Waals surface area contributed by atoms with Crippen LogP contribution < -0.4 is 0 Å². The fourth-order valence-electron chi connectivity index (χ4n) is 1.36. The Kier molecular flexibility index (Phi) is 6.43. The van der Waals surface area contributed by atoms with Crippen molar-refractivity contribution in [2.45, 2.75) is 13.0 Å². The Hall–Kier alpha value is -0.600. The molecule has 0 bridgehead atoms. The zero-order chi connectivity index (χ0) is 11.8. The van der Waals surface area contributed by atoms with Gasteiger partial charge in [0.05, 0.1) is 17.0 Å². The van der Waals surface area contributed by atoms with Crippen LogP contribution in [0.3, 0.4) is 0 Å². The van der Waals surface area contributed by atoms with E-state index in [0.29, 0.717) is 13.0 Å². The van der Waals surface area contributed by atoms with Crippen LogP contribution in [-0.2, 0) is 11.3 Å². The number of methoxy groups -OCH3 is 1. The highest BCUT2D eigenvalue weighted by atomic mass is 35.5. The van der Waals surface area contributed by atoms with E-state index in [1.54, 1.807) is 18.4 Å². The number of hydrogen-bond acceptors (Lipinski definition) is 4. The maximum Gasteiger partial charge on any atom is 0.0931 e. The first-order chi connectivity index (χ1) is 7.76. The summed E-state index contributed by atoms with van der Waals surface area (Å²) in [5.41, 5.74) is 0. The largest absolute Gasteiger partial charge is 0.383 e. The molecule has 0 aliphatic heterocycles. The lowest BCUT2D eigenvalue weighted by molar-refractivity contribution is 0.146. The molecule has 0 amide bonds. The summed E-state index contributed by atoms with van der Waals surface area (Å²) < 4.78 is 5.86. The molecule has 16 heavy (non-hydrogen) atoms. The van der Waals surface area contributed by atoms with Crippen molar-refractivity contribution in [3.05, 3.63) is 21.3 Å². The van der Waals surface area contributed by atoms with Crippen molar-refractivity contribution >= 4 is 22.9 Å². The first kappa shape index (κ1) is 13.5. The molecule has 0 fully saturated rings. The summed E-state index contributed by atoms with van der Waals surface area (Å²) in [6.07, 6.45) is 0.544. The topological polar surface area (TPSA) is 36.3 Å². The molecular weight excluding hydrogens is 244 g/mol. The highest BCUT2D eigenvalue weighted by Crippen LogP contribution is 2.22. The Morgan fingerprint density at radius 2 is 2.31 bits per heavy atom. The summed E-state index contributed by atoms with van der Waals surface area (Å²) in [6, 6.07) is 6.09. The van der Waals surface area contributed by atoms with E-state index in [9.17, 15) is 0 Å². The Morgan fingerprint density at radius 1 is 1.50 bits per heavy atom. The summed E-state index contributed by atoms with van der Waals surface area (Å²) >= 11 is 7.46. The van der Waals surface area contributed by atoms with Gasteiger partial charge >= 0.3 is 0 Å². The minimum atomic E-state index is 0.544. The SMILES string of the molecule is COCCN(CCC#N)Cc1ccc(Cl)s1. The van der Waals surface area contributed by atoms with E-state index in [0.717, 1.165) is 24.0 Å². The van der Waals surface area contributed by atoms with E-state index in [-0.39, 0.29) is 0 Å². The third-order valence-electron chi connectivity index (χ3n) is 2.16. The molecule has 88 valence electrons. The molecule has 0 saturated heterocycles. The Morgan fingerprint density at radius 3 is 2.88 bits per heavy atom. The van der Waals surface area contributed by atoms with Gasteiger partial charge in [-0.05, 0) is 12.1 Å². The van der Waals surface area contributed by atoms with Crippen LogP contribution in [0, 0.1) is 11.3 Å². The zero-order valence-corrected chi connectivity index (χ0v) is 10.9. The second-order valence-electron chi connectivity index (χ2n) is 3.38. The lowest BCUT2D eigenvalue weighted by Crippen LogP contribution is -2.27. The number of hydrogen-bond donors (Lipinski definition) is 0. The Labute approximate surface area is 105 Å². The van der Waals surface area contributed by atoms with Crippen molar-refractivity contribution in [2.75, 3.05) is 26.8 Å². The number of ether oxygens (including phenoxy) is 1. The van der Waals surface area contributed by atoms with Crippen molar-refractivity contribution in [3.63, 3.8) is 0 Å². The maximum atomic E-state index is 8.58. The summed E-state index contributed by atoms with van der Waals surface area (Å²) in [6.45, 7) is 3.13. The van der Waals surface area contributed by atoms with Gasteiger partial charge < -0.3 is 4.74 Å². The van der Waals surface area contributed by atoms with Gasteiger partial charge in [0, 0.05) is 38.0 Å². The highest BCUT2D eigenvalue weighted by molar-refractivity contribution is 7.16. The standard InChI is InChI=1S/C11H15ClN2OS/c1-15-8-7-14(6-2-5-13)9-10-3-4-11(12)16-10/h3-4H,2,6-9H2,1H3. The minimum Gasteiger partial charge on any atom is -0.383 e. The van der Waals surface area contributed by atoms with Crippen LogP contribution in [0.2, 0.25) is 4.34 Å². The number of thiophene rings is 1. The normalized spacial score (nSPS) is 10.6. The molecular formula is C11H15ClN2OS. The van der Waals surface area contributed by atoms with E-state index in [2.05, 4.69) is 11.0 Å². The van der Waals surface area contributed by atoms with Gasteiger partial charge in [0.1, 0.15) is 0 Å². The summed E-state index contributed by atoms with van der Waals surface area (Å²) in [5, 5.41) is 8.58. The minimum absolute atomic E-state index is 0.544. The van der Waals surface area contributed by atoms with Crippen molar-refractivity contribution in [3.8, 4) is 6.07 Å². The van der Waals surface area contributed by atoms with Crippen LogP contribution in [0.4, 0.5) is 0 Å². The van der Waals surface area contributed by atoms with Crippen LogP contribution >= 0.6 is 22.9 Å². The van der Waals surface area contributed by atoms with Gasteiger partial charge in [-0.15, -0.1) is 11.3 Å². The average molecular weight is 259 g/mol. The van der Waals surface area contributed by atoms with Crippen LogP contribution in [0.1, 0.15) is 11.3 Å². The van der Waals surface area contributed by atoms with Gasteiger partial charge in [-0.2, -0.15) is 5.26 Å². The molecule has 0 N–H and O–H groups in total. The van der Waals surface area contributed by atoms with E-state index in [1.165, 1.54) is 4.88 Å². The third kappa shape index (κ3) is 4.95. The van der Waals surface area contributed by atoms with E-state index < -0.39 is 0 Å². The van der Waals surface area contributed by atoms with Crippen molar-refractivity contribution in [1.82, 2.24) is 4.90 Å². The Balaban J connectivity index is 2.45. The third-order valence-corrected chi connectivity index (χ3v) is 3.38. The number of rotatable bonds is 7. The second-order valence-corrected chi connectivity index (χ2v) is 5.18. The molecule has 0 atom stereocenters. The highest BCUT2D eigenvalue weighted by Gasteiger charge is 2.07. The summed E-state index contributed by atoms with van der Waals surface area (Å²) in [7, 11) is 1.69. The van der Waals surface area contributed by atoms with Crippen molar-refractivity contribution in [2.24, 2.45) is 0 Å². The fraction of sp³-hybridized carbons (Fsp3) is 0.545. The van der Waals surface area contributed by atoms with Crippen LogP contribution in [0.5, 0.6) is 0 Å². The summed E-state index contributed by atoms with van der Waals surface area (Å²) in [4.78, 5) is 3.42. The molecule has 1 heterocycles. The fourth-order valence-corrected chi connectivity index (χ4v) is 2.49. The molecule has 0 saturated carbocycles. The molecule has 0 aliphatic carbocycles. The first-order valence-corrected chi connectivity index (χ1v) is 6.28. The maximum absolute atomic E-state index is 8.58. The number of nitriles is 1. The van der Waals surface area contributed by atoms with Crippen LogP contribution in [0.25, 0.3) is 0 Å². The van der Waals surface area contributed by atoms with Gasteiger partial charge in [-0.1, -0.05) is 11.6 Å². The van der Waals surface area contributed by atoms with E-state index in [4.69, 9.17) is 21.6 Å². The molecule has 3 nitrogen and oxygen atoms in total. The quantitative estimate of drug-likeness (QED) is 0.755. The molecule has 1 aromatic heterocycles. The number of nitrogens with zero attached hydrogens (tertiary/aromatic N) is 2. The smallest absolute Gasteiger partial charge is 0.0931 e. The van der Waals surface area contributed by atoms with Gasteiger partial charge in [0.2, 0.25) is 0 Å². The van der Waals surface area contributed by atoms with E-state index in [1.807, 2.05) is 12.1 Å². The first-order valence-electron chi connectivity index (χ1n) is 5.08. The lowest BCUT2D eigenvalue weighted by Gasteiger charge is -2.19. The molecule has 1 aromatic rings. The molecule has 0 unspecified atom stereocenters. The van der Waals surface area contributed by atoms with Gasteiger partial charge in [0.15, 0.2) is 0 Å². The summed E-state index contributed by atoms with van der Waals surface area (Å²) in [5.74, 6) is 0. The predicted molar refractivity (Wildman–Crippen MR) is 66.7 cm³/mol. The van der Waals surface area contributed by atoms with E-state index >= 15 is 0 Å². The van der Waals surface area contributed by atoms with Crippen LogP contribution in [0.15, 0.2) is 12.1 Å². The lowest BCUT2D eigenvalue weighted by atomic mass is 10.3. The molecule has 0 spiro atoms. The molecule has 0 aliphatic rings. The molecule has 0 aromatic carbocycles. The van der Waals surface area contributed by atoms with Crippen molar-refractivity contribution < 1.29 is 4.74 Å². The van der Waals surface area contributed by atoms with Crippen LogP contribution in [-0.4, -0.2) is 31.7 Å². The predicted octanol–water partition coefficient (Wildman–Crippen LogP) is 2.76.